The van der Waals surface area contributed by atoms with Gasteiger partial charge in [0.15, 0.2) is 0 Å². The van der Waals surface area contributed by atoms with Crippen molar-refractivity contribution in [3.8, 4) is 0 Å². The van der Waals surface area contributed by atoms with Gasteiger partial charge in [0.2, 0.25) is 5.78 Å². The lowest BCUT2D eigenvalue weighted by Crippen LogP contribution is -2.11. The van der Waals surface area contributed by atoms with Crippen molar-refractivity contribution in [1.82, 2.24) is 0 Å². The third kappa shape index (κ3) is 2.53. The van der Waals surface area contributed by atoms with E-state index in [1.807, 2.05) is 0 Å². The van der Waals surface area contributed by atoms with Crippen molar-refractivity contribution < 1.29 is 22.4 Å². The SMILES string of the molecule is O=C(c1c(F)cc(F)cc1F)c1c(F)cccc1Br. The Morgan fingerprint density at radius 2 is 1.47 bits per heavy atom. The van der Waals surface area contributed by atoms with Gasteiger partial charge in [-0.2, -0.15) is 0 Å². The van der Waals surface area contributed by atoms with Gasteiger partial charge >= 0.3 is 0 Å². The Bertz CT molecular complexity index is 626. The van der Waals surface area contributed by atoms with Gasteiger partial charge in [-0.3, -0.25) is 4.79 Å². The zero-order valence-corrected chi connectivity index (χ0v) is 10.8. The molecule has 0 aliphatic carbocycles. The Hall–Kier alpha value is -1.69. The predicted molar refractivity (Wildman–Crippen MR) is 63.8 cm³/mol. The van der Waals surface area contributed by atoms with Gasteiger partial charge in [-0.05, 0) is 28.1 Å². The first-order valence-electron chi connectivity index (χ1n) is 5.05. The minimum atomic E-state index is -1.38. The summed E-state index contributed by atoms with van der Waals surface area (Å²) in [5.74, 6) is -6.03. The lowest BCUT2D eigenvalue weighted by Gasteiger charge is -2.07. The molecule has 0 bridgehead atoms. The van der Waals surface area contributed by atoms with Crippen molar-refractivity contribution in [1.29, 1.82) is 0 Å². The molecule has 6 heteroatoms. The van der Waals surface area contributed by atoms with Crippen LogP contribution in [0.15, 0.2) is 34.8 Å². The number of benzene rings is 2. The van der Waals surface area contributed by atoms with Crippen LogP contribution in [0.5, 0.6) is 0 Å². The van der Waals surface area contributed by atoms with Crippen LogP contribution in [0.3, 0.4) is 0 Å². The summed E-state index contributed by atoms with van der Waals surface area (Å²) in [6, 6.07) is 4.40. The van der Waals surface area contributed by atoms with Crippen LogP contribution in [-0.2, 0) is 0 Å². The first-order valence-corrected chi connectivity index (χ1v) is 5.84. The fourth-order valence-electron chi connectivity index (χ4n) is 1.60. The maximum Gasteiger partial charge on any atom is 0.203 e. The highest BCUT2D eigenvalue weighted by Gasteiger charge is 2.24. The molecule has 1 nitrogen and oxygen atoms in total. The van der Waals surface area contributed by atoms with Gasteiger partial charge in [-0.15, -0.1) is 0 Å². The highest BCUT2D eigenvalue weighted by Crippen LogP contribution is 2.25. The van der Waals surface area contributed by atoms with E-state index in [0.29, 0.717) is 12.1 Å². The van der Waals surface area contributed by atoms with Crippen LogP contribution in [0.4, 0.5) is 17.6 Å². The smallest absolute Gasteiger partial charge is 0.203 e. The molecule has 0 heterocycles. The highest BCUT2D eigenvalue weighted by molar-refractivity contribution is 9.10. The molecule has 0 N–H and O–H groups in total. The van der Waals surface area contributed by atoms with Crippen molar-refractivity contribution in [3.63, 3.8) is 0 Å². The molecule has 0 saturated heterocycles. The zero-order chi connectivity index (χ0) is 14.2. The van der Waals surface area contributed by atoms with E-state index in [9.17, 15) is 22.4 Å². The number of carbonyl (C=O) groups excluding carboxylic acids is 1. The predicted octanol–water partition coefficient (Wildman–Crippen LogP) is 4.24. The number of halogens is 5. The van der Waals surface area contributed by atoms with E-state index < -0.39 is 40.2 Å². The second-order valence-corrected chi connectivity index (χ2v) is 4.52. The lowest BCUT2D eigenvalue weighted by molar-refractivity contribution is 0.102. The summed E-state index contributed by atoms with van der Waals surface area (Å²) in [6.45, 7) is 0. The summed E-state index contributed by atoms with van der Waals surface area (Å²) < 4.78 is 53.3. The van der Waals surface area contributed by atoms with Crippen LogP contribution in [0.2, 0.25) is 0 Å². The van der Waals surface area contributed by atoms with Gasteiger partial charge in [-0.1, -0.05) is 6.07 Å². The minimum Gasteiger partial charge on any atom is -0.288 e. The number of carbonyl (C=O) groups is 1. The van der Waals surface area contributed by atoms with Crippen LogP contribution in [-0.4, -0.2) is 5.78 Å². The second-order valence-electron chi connectivity index (χ2n) is 3.67. The molecule has 0 fully saturated rings. The minimum absolute atomic E-state index is 0.0561. The number of rotatable bonds is 2. The van der Waals surface area contributed by atoms with Crippen LogP contribution in [0.1, 0.15) is 15.9 Å². The maximum atomic E-state index is 13.6. The molecule has 0 aromatic heterocycles. The van der Waals surface area contributed by atoms with E-state index >= 15 is 0 Å². The maximum absolute atomic E-state index is 13.6. The summed E-state index contributed by atoms with van der Waals surface area (Å²) in [6.07, 6.45) is 0. The molecule has 2 aromatic rings. The fraction of sp³-hybridized carbons (Fsp3) is 0. The molecule has 0 aliphatic rings. The molecular weight excluding hydrogens is 328 g/mol. The molecule has 0 spiro atoms. The summed E-state index contributed by atoms with van der Waals surface area (Å²) in [7, 11) is 0. The van der Waals surface area contributed by atoms with Crippen molar-refractivity contribution in [2.45, 2.75) is 0 Å². The average Bonchev–Trinajstić information content (AvgIpc) is 2.26. The monoisotopic (exact) mass is 332 g/mol. The Kier molecular flexibility index (Phi) is 3.71. The van der Waals surface area contributed by atoms with Gasteiger partial charge < -0.3 is 0 Å². The topological polar surface area (TPSA) is 17.1 Å². The van der Waals surface area contributed by atoms with E-state index in [0.717, 1.165) is 6.07 Å². The third-order valence-electron chi connectivity index (χ3n) is 2.42. The van der Waals surface area contributed by atoms with Crippen LogP contribution < -0.4 is 0 Å². The molecular formula is C13H5BrF4O. The number of hydrogen-bond acceptors (Lipinski definition) is 1. The van der Waals surface area contributed by atoms with Gasteiger partial charge in [0.25, 0.3) is 0 Å². The summed E-state index contributed by atoms with van der Waals surface area (Å²) >= 11 is 2.93. The van der Waals surface area contributed by atoms with Crippen molar-refractivity contribution in [2.24, 2.45) is 0 Å². The van der Waals surface area contributed by atoms with E-state index in [2.05, 4.69) is 15.9 Å². The van der Waals surface area contributed by atoms with Crippen LogP contribution in [0.25, 0.3) is 0 Å². The highest BCUT2D eigenvalue weighted by atomic mass is 79.9. The molecule has 98 valence electrons. The van der Waals surface area contributed by atoms with E-state index in [-0.39, 0.29) is 4.47 Å². The van der Waals surface area contributed by atoms with E-state index in [1.165, 1.54) is 12.1 Å². The van der Waals surface area contributed by atoms with Crippen molar-refractivity contribution in [3.05, 3.63) is 69.2 Å². The Morgan fingerprint density at radius 1 is 0.895 bits per heavy atom. The quantitative estimate of drug-likeness (QED) is 0.594. The Labute approximate surface area is 114 Å². The van der Waals surface area contributed by atoms with Gasteiger partial charge in [0.05, 0.1) is 11.1 Å². The molecule has 0 radical (unpaired) electrons. The third-order valence-corrected chi connectivity index (χ3v) is 3.08. The Morgan fingerprint density at radius 3 is 2.00 bits per heavy atom. The van der Waals surface area contributed by atoms with Gasteiger partial charge in [0.1, 0.15) is 23.3 Å². The lowest BCUT2D eigenvalue weighted by atomic mass is 10.0. The van der Waals surface area contributed by atoms with Crippen LogP contribution >= 0.6 is 15.9 Å². The van der Waals surface area contributed by atoms with E-state index in [1.54, 1.807) is 0 Å². The Balaban J connectivity index is 2.64. The molecule has 0 atom stereocenters. The largest absolute Gasteiger partial charge is 0.288 e. The zero-order valence-electron chi connectivity index (χ0n) is 9.18. The second kappa shape index (κ2) is 5.13. The van der Waals surface area contributed by atoms with Gasteiger partial charge in [-0.25, -0.2) is 17.6 Å². The molecule has 2 aromatic carbocycles. The van der Waals surface area contributed by atoms with Crippen molar-refractivity contribution in [2.75, 3.05) is 0 Å². The summed E-state index contributed by atoms with van der Waals surface area (Å²) in [5, 5.41) is 0. The summed E-state index contributed by atoms with van der Waals surface area (Å²) in [4.78, 5) is 12.0. The van der Waals surface area contributed by atoms with E-state index in [4.69, 9.17) is 0 Å². The number of ketones is 1. The first kappa shape index (κ1) is 13.7. The molecule has 0 unspecified atom stereocenters. The summed E-state index contributed by atoms with van der Waals surface area (Å²) in [5.41, 5.74) is -1.50. The molecule has 0 aliphatic heterocycles. The molecule has 0 saturated carbocycles. The first-order chi connectivity index (χ1) is 8.91. The van der Waals surface area contributed by atoms with Crippen molar-refractivity contribution >= 4 is 21.7 Å². The fourth-order valence-corrected chi connectivity index (χ4v) is 2.12. The average molecular weight is 333 g/mol. The molecule has 0 amide bonds. The van der Waals surface area contributed by atoms with Crippen LogP contribution in [0, 0.1) is 23.3 Å². The standard InChI is InChI=1S/C13H5BrF4O/c14-7-2-1-3-8(16)11(7)13(19)12-9(17)4-6(15)5-10(12)18/h1-5H. The molecule has 2 rings (SSSR count). The van der Waals surface area contributed by atoms with Gasteiger partial charge in [0, 0.05) is 16.6 Å². The molecule has 19 heavy (non-hydrogen) atoms. The number of hydrogen-bond donors (Lipinski definition) is 0. The normalized spacial score (nSPS) is 10.6.